The number of guanidine groups is 1. The van der Waals surface area contributed by atoms with Crippen molar-refractivity contribution in [2.24, 2.45) is 16.1 Å². The molecule has 0 radical (unpaired) electrons. The van der Waals surface area contributed by atoms with Crippen LogP contribution in [0.15, 0.2) is 23.2 Å². The summed E-state index contributed by atoms with van der Waals surface area (Å²) in [6, 6.07) is 4.59. The summed E-state index contributed by atoms with van der Waals surface area (Å²) in [5.74, 6) is 0.120. The molecular formula is C14H21FN4. The van der Waals surface area contributed by atoms with Crippen molar-refractivity contribution in [3.05, 3.63) is 29.6 Å². The van der Waals surface area contributed by atoms with Crippen LogP contribution >= 0.6 is 0 Å². The molecule has 1 heterocycles. The first-order chi connectivity index (χ1) is 8.67. The van der Waals surface area contributed by atoms with E-state index in [-0.39, 0.29) is 11.2 Å². The van der Waals surface area contributed by atoms with Gasteiger partial charge in [0.15, 0.2) is 5.96 Å². The predicted octanol–water partition coefficient (Wildman–Crippen LogP) is 1.91. The molecule has 0 saturated carbocycles. The minimum Gasteiger partial charge on any atom is -0.399 e. The van der Waals surface area contributed by atoms with E-state index in [4.69, 9.17) is 11.5 Å². The SMILES string of the molecule is CN1CC(C)(C)[C@@](C)(c2cc(N)ccc2F)N=C1N. The second-order valence-corrected chi connectivity index (χ2v) is 6.02. The van der Waals surface area contributed by atoms with Crippen LogP contribution in [0.1, 0.15) is 26.3 Å². The van der Waals surface area contributed by atoms with E-state index in [1.807, 2.05) is 18.9 Å². The van der Waals surface area contributed by atoms with Gasteiger partial charge < -0.3 is 16.4 Å². The number of benzene rings is 1. The standard InChI is InChI=1S/C14H21FN4/c1-13(2)8-19(4)12(17)18-14(13,3)10-7-9(16)5-6-11(10)15/h5-7H,8,16H2,1-4H3,(H2,17,18)/t14-/m1/s1. The minimum atomic E-state index is -0.733. The van der Waals surface area contributed by atoms with Gasteiger partial charge in [0.25, 0.3) is 0 Å². The third-order valence-corrected chi connectivity index (χ3v) is 4.19. The largest absolute Gasteiger partial charge is 0.399 e. The Labute approximate surface area is 113 Å². The molecule has 2 rings (SSSR count). The number of anilines is 1. The maximum Gasteiger partial charge on any atom is 0.191 e. The molecule has 1 atom stereocenters. The van der Waals surface area contributed by atoms with Gasteiger partial charge in [-0.15, -0.1) is 0 Å². The highest BCUT2D eigenvalue weighted by atomic mass is 19.1. The van der Waals surface area contributed by atoms with Crippen LogP contribution < -0.4 is 11.5 Å². The molecule has 1 aromatic carbocycles. The van der Waals surface area contributed by atoms with Gasteiger partial charge in [-0.1, -0.05) is 13.8 Å². The third kappa shape index (κ3) is 2.03. The van der Waals surface area contributed by atoms with Crippen molar-refractivity contribution >= 4 is 11.6 Å². The lowest BCUT2D eigenvalue weighted by Crippen LogP contribution is -2.54. The Morgan fingerprint density at radius 2 is 1.89 bits per heavy atom. The molecule has 0 unspecified atom stereocenters. The fourth-order valence-corrected chi connectivity index (χ4v) is 2.63. The summed E-state index contributed by atoms with van der Waals surface area (Å²) in [5.41, 5.74) is 11.7. The number of hydrogen-bond donors (Lipinski definition) is 2. The van der Waals surface area contributed by atoms with Crippen LogP contribution in [0.5, 0.6) is 0 Å². The summed E-state index contributed by atoms with van der Waals surface area (Å²) in [5, 5.41) is 0. The third-order valence-electron chi connectivity index (χ3n) is 4.19. The molecule has 0 bridgehead atoms. The van der Waals surface area contributed by atoms with Crippen molar-refractivity contribution < 1.29 is 4.39 Å². The molecule has 0 spiro atoms. The van der Waals surface area contributed by atoms with Crippen LogP contribution in [0, 0.1) is 11.2 Å². The number of hydrogen-bond acceptors (Lipinski definition) is 4. The van der Waals surface area contributed by atoms with Gasteiger partial charge in [0.2, 0.25) is 0 Å². The van der Waals surface area contributed by atoms with E-state index < -0.39 is 5.54 Å². The number of halogens is 1. The van der Waals surface area contributed by atoms with Gasteiger partial charge in [0.1, 0.15) is 5.82 Å². The van der Waals surface area contributed by atoms with Crippen molar-refractivity contribution in [1.82, 2.24) is 4.90 Å². The highest BCUT2D eigenvalue weighted by Gasteiger charge is 2.47. The Balaban J connectivity index is 2.66. The zero-order chi connectivity index (χ0) is 14.4. The maximum absolute atomic E-state index is 14.2. The van der Waals surface area contributed by atoms with Crippen LogP contribution in [-0.4, -0.2) is 24.5 Å². The van der Waals surface area contributed by atoms with E-state index >= 15 is 0 Å². The number of nitrogens with zero attached hydrogens (tertiary/aromatic N) is 2. The quantitative estimate of drug-likeness (QED) is 0.761. The number of nitrogens with two attached hydrogens (primary N) is 2. The fraction of sp³-hybridized carbons (Fsp3) is 0.500. The molecular weight excluding hydrogens is 243 g/mol. The highest BCUT2D eigenvalue weighted by molar-refractivity contribution is 5.79. The van der Waals surface area contributed by atoms with Gasteiger partial charge in [-0.05, 0) is 25.1 Å². The molecule has 0 saturated heterocycles. The molecule has 1 aromatic rings. The number of aliphatic imine (C=N–C) groups is 1. The van der Waals surface area contributed by atoms with Crippen LogP contribution in [0.3, 0.4) is 0 Å². The summed E-state index contributed by atoms with van der Waals surface area (Å²) >= 11 is 0. The Morgan fingerprint density at radius 3 is 2.53 bits per heavy atom. The lowest BCUT2D eigenvalue weighted by molar-refractivity contribution is 0.124. The first-order valence-corrected chi connectivity index (χ1v) is 6.29. The van der Waals surface area contributed by atoms with Crippen molar-refractivity contribution in [2.75, 3.05) is 19.3 Å². The van der Waals surface area contributed by atoms with Crippen LogP contribution in [0.25, 0.3) is 0 Å². The van der Waals surface area contributed by atoms with E-state index in [1.165, 1.54) is 6.07 Å². The molecule has 19 heavy (non-hydrogen) atoms. The van der Waals surface area contributed by atoms with Crippen molar-refractivity contribution in [3.8, 4) is 0 Å². The van der Waals surface area contributed by atoms with Crippen LogP contribution in [0.2, 0.25) is 0 Å². The maximum atomic E-state index is 14.2. The number of nitrogen functional groups attached to an aromatic ring is 1. The van der Waals surface area contributed by atoms with E-state index in [0.717, 1.165) is 0 Å². The number of rotatable bonds is 1. The molecule has 1 aliphatic heterocycles. The van der Waals surface area contributed by atoms with Gasteiger partial charge in [-0.25, -0.2) is 9.38 Å². The minimum absolute atomic E-state index is 0.265. The molecule has 0 amide bonds. The van der Waals surface area contributed by atoms with Gasteiger partial charge >= 0.3 is 0 Å². The van der Waals surface area contributed by atoms with E-state index in [0.29, 0.717) is 23.8 Å². The molecule has 0 aromatic heterocycles. The molecule has 5 heteroatoms. The van der Waals surface area contributed by atoms with Crippen molar-refractivity contribution in [3.63, 3.8) is 0 Å². The summed E-state index contributed by atoms with van der Waals surface area (Å²) < 4.78 is 14.2. The van der Waals surface area contributed by atoms with Gasteiger partial charge in [-0.3, -0.25) is 0 Å². The van der Waals surface area contributed by atoms with E-state index in [9.17, 15) is 4.39 Å². The molecule has 0 fully saturated rings. The molecule has 0 aliphatic carbocycles. The zero-order valence-electron chi connectivity index (χ0n) is 11.9. The first-order valence-electron chi connectivity index (χ1n) is 6.29. The highest BCUT2D eigenvalue weighted by Crippen LogP contribution is 2.46. The van der Waals surface area contributed by atoms with Crippen LogP contribution in [0.4, 0.5) is 10.1 Å². The topological polar surface area (TPSA) is 67.6 Å². The second-order valence-electron chi connectivity index (χ2n) is 6.02. The summed E-state index contributed by atoms with van der Waals surface area (Å²) in [6.45, 7) is 6.72. The Morgan fingerprint density at radius 1 is 1.26 bits per heavy atom. The average molecular weight is 264 g/mol. The van der Waals surface area contributed by atoms with E-state index in [2.05, 4.69) is 18.8 Å². The lowest BCUT2D eigenvalue weighted by Gasteiger charge is -2.48. The Hall–Kier alpha value is -1.78. The first kappa shape index (κ1) is 13.6. The van der Waals surface area contributed by atoms with Crippen molar-refractivity contribution in [2.45, 2.75) is 26.3 Å². The lowest BCUT2D eigenvalue weighted by atomic mass is 9.68. The van der Waals surface area contributed by atoms with Crippen molar-refractivity contribution in [1.29, 1.82) is 0 Å². The van der Waals surface area contributed by atoms with Crippen LogP contribution in [-0.2, 0) is 5.54 Å². The molecule has 4 N–H and O–H groups in total. The summed E-state index contributed by atoms with van der Waals surface area (Å²) in [4.78, 5) is 6.43. The van der Waals surface area contributed by atoms with Gasteiger partial charge in [0, 0.05) is 30.3 Å². The monoisotopic (exact) mass is 264 g/mol. The summed E-state index contributed by atoms with van der Waals surface area (Å²) in [6.07, 6.45) is 0. The smallest absolute Gasteiger partial charge is 0.191 e. The second kappa shape index (κ2) is 4.11. The predicted molar refractivity (Wildman–Crippen MR) is 76.2 cm³/mol. The van der Waals surface area contributed by atoms with Gasteiger partial charge in [0.05, 0.1) is 5.54 Å². The molecule has 104 valence electrons. The molecule has 1 aliphatic rings. The normalized spacial score (nSPS) is 26.2. The van der Waals surface area contributed by atoms with Gasteiger partial charge in [-0.2, -0.15) is 0 Å². The average Bonchev–Trinajstić information content (AvgIpc) is 2.29. The zero-order valence-corrected chi connectivity index (χ0v) is 11.9. The Bertz CT molecular complexity index is 538. The van der Waals surface area contributed by atoms with E-state index in [1.54, 1.807) is 12.1 Å². The summed E-state index contributed by atoms with van der Waals surface area (Å²) in [7, 11) is 1.88. The Kier molecular flexibility index (Phi) is 2.96. The molecule has 4 nitrogen and oxygen atoms in total. The fourth-order valence-electron chi connectivity index (χ4n) is 2.63.